The van der Waals surface area contributed by atoms with Crippen molar-refractivity contribution < 1.29 is 14.6 Å². The first-order chi connectivity index (χ1) is 11.4. The van der Waals surface area contributed by atoms with Crippen molar-refractivity contribution >= 4 is 22.8 Å². The molecule has 3 N–H and O–H groups in total. The summed E-state index contributed by atoms with van der Waals surface area (Å²) in [6.45, 7) is 6.85. The standard InChI is InChI=1S/C16H25N5O3/c1-10(2)8-24-9-13(22)7-18-16(23)19-12-5-14-11(3)20-21(4)15(14)17-6-12/h5-6,10,13,22H,7-9H2,1-4H3,(H2,18,19,23)/t13-/m1/s1. The predicted octanol–water partition coefficient (Wildman–Crippen LogP) is 1.43. The Labute approximate surface area is 141 Å². The predicted molar refractivity (Wildman–Crippen MR) is 91.9 cm³/mol. The first kappa shape index (κ1) is 18.2. The van der Waals surface area contributed by atoms with Gasteiger partial charge in [0.1, 0.15) is 0 Å². The summed E-state index contributed by atoms with van der Waals surface area (Å²) in [5.41, 5.74) is 2.18. The van der Waals surface area contributed by atoms with Gasteiger partial charge in [0.25, 0.3) is 0 Å². The maximum Gasteiger partial charge on any atom is 0.319 e. The molecular weight excluding hydrogens is 310 g/mol. The van der Waals surface area contributed by atoms with Crippen LogP contribution in [0.2, 0.25) is 0 Å². The molecule has 0 radical (unpaired) electrons. The molecule has 8 heteroatoms. The van der Waals surface area contributed by atoms with Gasteiger partial charge in [-0.2, -0.15) is 5.10 Å². The number of urea groups is 1. The summed E-state index contributed by atoms with van der Waals surface area (Å²) in [6, 6.07) is 1.42. The van der Waals surface area contributed by atoms with Gasteiger partial charge in [-0.25, -0.2) is 9.78 Å². The SMILES string of the molecule is Cc1nn(C)c2ncc(NC(=O)NC[C@@H](O)COCC(C)C)cc12. The van der Waals surface area contributed by atoms with E-state index in [-0.39, 0.29) is 13.2 Å². The number of nitrogens with one attached hydrogen (secondary N) is 2. The summed E-state index contributed by atoms with van der Waals surface area (Å²) in [5.74, 6) is 0.409. The van der Waals surface area contributed by atoms with Gasteiger partial charge in [0.2, 0.25) is 0 Å². The molecule has 2 heterocycles. The molecule has 0 bridgehead atoms. The Kier molecular flexibility index (Phi) is 6.10. The van der Waals surface area contributed by atoms with Crippen molar-refractivity contribution in [3.05, 3.63) is 18.0 Å². The fourth-order valence-corrected chi connectivity index (χ4v) is 2.26. The topological polar surface area (TPSA) is 101 Å². The average molecular weight is 335 g/mol. The van der Waals surface area contributed by atoms with Crippen LogP contribution in [0.3, 0.4) is 0 Å². The number of amides is 2. The maximum absolute atomic E-state index is 11.9. The lowest BCUT2D eigenvalue weighted by Crippen LogP contribution is -2.37. The maximum atomic E-state index is 11.9. The molecule has 2 aromatic rings. The van der Waals surface area contributed by atoms with Gasteiger partial charge < -0.3 is 20.5 Å². The van der Waals surface area contributed by atoms with Crippen molar-refractivity contribution in [2.24, 2.45) is 13.0 Å². The smallest absolute Gasteiger partial charge is 0.319 e. The minimum atomic E-state index is -0.740. The van der Waals surface area contributed by atoms with Crippen LogP contribution in [-0.2, 0) is 11.8 Å². The van der Waals surface area contributed by atoms with E-state index < -0.39 is 12.1 Å². The minimum absolute atomic E-state index is 0.117. The number of nitrogens with zero attached hydrogens (tertiary/aromatic N) is 3. The van der Waals surface area contributed by atoms with Crippen LogP contribution < -0.4 is 10.6 Å². The van der Waals surface area contributed by atoms with Crippen LogP contribution in [0.15, 0.2) is 12.3 Å². The molecule has 8 nitrogen and oxygen atoms in total. The summed E-state index contributed by atoms with van der Waals surface area (Å²) in [7, 11) is 1.82. The lowest BCUT2D eigenvalue weighted by Gasteiger charge is -2.14. The molecule has 0 saturated carbocycles. The summed E-state index contributed by atoms with van der Waals surface area (Å²) in [6.07, 6.45) is 0.834. The number of pyridine rings is 1. The van der Waals surface area contributed by atoms with E-state index in [1.807, 2.05) is 33.9 Å². The number of carbonyl (C=O) groups is 1. The highest BCUT2D eigenvalue weighted by Crippen LogP contribution is 2.19. The highest BCUT2D eigenvalue weighted by molar-refractivity contribution is 5.92. The van der Waals surface area contributed by atoms with Gasteiger partial charge in [-0.15, -0.1) is 0 Å². The number of hydrogen-bond donors (Lipinski definition) is 3. The zero-order chi connectivity index (χ0) is 17.7. The van der Waals surface area contributed by atoms with E-state index in [2.05, 4.69) is 20.7 Å². The first-order valence-electron chi connectivity index (χ1n) is 7.96. The molecule has 0 aromatic carbocycles. The fourth-order valence-electron chi connectivity index (χ4n) is 2.26. The van der Waals surface area contributed by atoms with Crippen molar-refractivity contribution in [1.29, 1.82) is 0 Å². The second-order valence-corrected chi connectivity index (χ2v) is 6.22. The van der Waals surface area contributed by atoms with Gasteiger partial charge in [0.15, 0.2) is 5.65 Å². The number of aryl methyl sites for hydroxylation is 2. The highest BCUT2D eigenvalue weighted by Gasteiger charge is 2.10. The molecule has 0 aliphatic rings. The van der Waals surface area contributed by atoms with E-state index in [1.54, 1.807) is 10.9 Å². The highest BCUT2D eigenvalue weighted by atomic mass is 16.5. The van der Waals surface area contributed by atoms with E-state index in [0.29, 0.717) is 18.2 Å². The van der Waals surface area contributed by atoms with Gasteiger partial charge in [-0.1, -0.05) is 13.8 Å². The van der Waals surface area contributed by atoms with Crippen LogP contribution >= 0.6 is 0 Å². The van der Waals surface area contributed by atoms with Crippen LogP contribution in [0.4, 0.5) is 10.5 Å². The molecule has 2 aromatic heterocycles. The minimum Gasteiger partial charge on any atom is -0.389 e. The summed E-state index contributed by atoms with van der Waals surface area (Å²) >= 11 is 0. The van der Waals surface area contributed by atoms with Crippen molar-refractivity contribution in [3.8, 4) is 0 Å². The quantitative estimate of drug-likeness (QED) is 0.710. The largest absolute Gasteiger partial charge is 0.389 e. The van der Waals surface area contributed by atoms with Crippen LogP contribution in [-0.4, -0.2) is 51.8 Å². The van der Waals surface area contributed by atoms with Crippen LogP contribution in [0.25, 0.3) is 11.0 Å². The van der Waals surface area contributed by atoms with E-state index in [4.69, 9.17) is 4.74 Å². The van der Waals surface area contributed by atoms with Gasteiger partial charge >= 0.3 is 6.03 Å². The average Bonchev–Trinajstić information content (AvgIpc) is 2.79. The van der Waals surface area contributed by atoms with Gasteiger partial charge in [-0.05, 0) is 18.9 Å². The van der Waals surface area contributed by atoms with E-state index in [1.165, 1.54) is 0 Å². The fraction of sp³-hybridized carbons (Fsp3) is 0.562. The molecule has 0 unspecified atom stereocenters. The molecule has 0 saturated heterocycles. The third-order valence-corrected chi connectivity index (χ3v) is 3.38. The molecule has 0 spiro atoms. The Balaban J connectivity index is 1.83. The zero-order valence-electron chi connectivity index (χ0n) is 14.5. The van der Waals surface area contributed by atoms with Crippen LogP contribution in [0.5, 0.6) is 0 Å². The summed E-state index contributed by atoms with van der Waals surface area (Å²) in [5, 5.41) is 20.2. The number of fused-ring (bicyclic) bond motifs is 1. The lowest BCUT2D eigenvalue weighted by molar-refractivity contribution is 0.0274. The Hall–Kier alpha value is -2.19. The Morgan fingerprint density at radius 3 is 2.88 bits per heavy atom. The zero-order valence-corrected chi connectivity index (χ0v) is 14.5. The molecule has 0 fully saturated rings. The van der Waals surface area contributed by atoms with Gasteiger partial charge in [0, 0.05) is 25.6 Å². The number of anilines is 1. The van der Waals surface area contributed by atoms with Crippen molar-refractivity contribution in [2.75, 3.05) is 25.1 Å². The number of aromatic nitrogens is 3. The number of ether oxygens (including phenoxy) is 1. The molecule has 2 rings (SSSR count). The molecule has 2 amide bonds. The number of hydrogen-bond acceptors (Lipinski definition) is 5. The monoisotopic (exact) mass is 335 g/mol. The number of carbonyl (C=O) groups excluding carboxylic acids is 1. The lowest BCUT2D eigenvalue weighted by atomic mass is 10.2. The van der Waals surface area contributed by atoms with Crippen molar-refractivity contribution in [3.63, 3.8) is 0 Å². The molecular formula is C16H25N5O3. The molecule has 0 aliphatic heterocycles. The third-order valence-electron chi connectivity index (χ3n) is 3.38. The Morgan fingerprint density at radius 2 is 2.17 bits per heavy atom. The van der Waals surface area contributed by atoms with E-state index >= 15 is 0 Å². The van der Waals surface area contributed by atoms with Gasteiger partial charge in [0.05, 0.1) is 30.3 Å². The number of aliphatic hydroxyl groups is 1. The molecule has 24 heavy (non-hydrogen) atoms. The van der Waals surface area contributed by atoms with Crippen molar-refractivity contribution in [1.82, 2.24) is 20.1 Å². The molecule has 1 atom stereocenters. The van der Waals surface area contributed by atoms with E-state index in [9.17, 15) is 9.90 Å². The second-order valence-electron chi connectivity index (χ2n) is 6.22. The Morgan fingerprint density at radius 1 is 1.42 bits per heavy atom. The first-order valence-corrected chi connectivity index (χ1v) is 7.96. The van der Waals surface area contributed by atoms with Crippen LogP contribution in [0, 0.1) is 12.8 Å². The summed E-state index contributed by atoms with van der Waals surface area (Å²) in [4.78, 5) is 16.2. The van der Waals surface area contributed by atoms with Crippen molar-refractivity contribution in [2.45, 2.75) is 26.9 Å². The van der Waals surface area contributed by atoms with E-state index in [0.717, 1.165) is 16.7 Å². The molecule has 0 aliphatic carbocycles. The molecule has 132 valence electrons. The van der Waals surface area contributed by atoms with Crippen LogP contribution in [0.1, 0.15) is 19.5 Å². The number of aliphatic hydroxyl groups excluding tert-OH is 1. The number of rotatable bonds is 7. The normalized spacial score (nSPS) is 12.6. The third kappa shape index (κ3) is 4.90. The second kappa shape index (κ2) is 8.07. The van der Waals surface area contributed by atoms with Gasteiger partial charge in [-0.3, -0.25) is 4.68 Å². The Bertz CT molecular complexity index is 698. The summed E-state index contributed by atoms with van der Waals surface area (Å²) < 4.78 is 7.03.